The first-order chi connectivity index (χ1) is 13.1. The molecule has 0 aliphatic carbocycles. The van der Waals surface area contributed by atoms with Crippen LogP contribution in [0.4, 0.5) is 0 Å². The molecule has 2 aromatic rings. The molecule has 1 aliphatic rings. The summed E-state index contributed by atoms with van der Waals surface area (Å²) < 4.78 is 39.3. The van der Waals surface area contributed by atoms with E-state index >= 15 is 0 Å². The summed E-state index contributed by atoms with van der Waals surface area (Å²) in [5, 5.41) is 12.6. The Morgan fingerprint density at radius 1 is 1.15 bits per heavy atom. The second kappa shape index (κ2) is 8.98. The molecular formula is C19H22N2O5S. The Morgan fingerprint density at radius 3 is 2.59 bits per heavy atom. The van der Waals surface area contributed by atoms with Gasteiger partial charge in [-0.3, -0.25) is 0 Å². The standard InChI is InChI=1S/C19H22N2O5S/c22-21-19(26-18-12-6-7-13-25-18)16-10-4-5-11-17(16)27(23,24)20-14-15-8-2-1-3-9-15/h1-5,8-11,18,20,22H,6-7,12-14H2/b21-19+. The number of benzene rings is 2. The molecule has 0 aromatic heterocycles. The Morgan fingerprint density at radius 2 is 1.89 bits per heavy atom. The van der Waals surface area contributed by atoms with Crippen LogP contribution in [0.5, 0.6) is 0 Å². The molecule has 144 valence electrons. The third-order valence-corrected chi connectivity index (χ3v) is 5.65. The fraction of sp³-hybridized carbons (Fsp3) is 0.316. The van der Waals surface area contributed by atoms with Crippen molar-refractivity contribution in [3.8, 4) is 0 Å². The van der Waals surface area contributed by atoms with Crippen LogP contribution in [-0.2, 0) is 26.0 Å². The molecule has 0 spiro atoms. The fourth-order valence-electron chi connectivity index (χ4n) is 2.80. The summed E-state index contributed by atoms with van der Waals surface area (Å²) >= 11 is 0. The maximum atomic E-state index is 12.8. The highest BCUT2D eigenvalue weighted by atomic mass is 32.2. The molecule has 3 rings (SSSR count). The number of nitrogens with one attached hydrogen (secondary N) is 1. The smallest absolute Gasteiger partial charge is 0.261 e. The summed E-state index contributed by atoms with van der Waals surface area (Å²) in [6.45, 7) is 0.706. The molecule has 7 nitrogen and oxygen atoms in total. The summed E-state index contributed by atoms with van der Waals surface area (Å²) in [4.78, 5) is -0.0236. The quantitative estimate of drug-likeness (QED) is 0.342. The van der Waals surface area contributed by atoms with Gasteiger partial charge in [0.15, 0.2) is 0 Å². The molecule has 1 unspecified atom stereocenters. The Labute approximate surface area is 158 Å². The van der Waals surface area contributed by atoms with Crippen LogP contribution in [0, 0.1) is 0 Å². The normalized spacial score (nSPS) is 18.2. The molecule has 0 bridgehead atoms. The number of ether oxygens (including phenoxy) is 2. The molecule has 1 fully saturated rings. The van der Waals surface area contributed by atoms with E-state index in [0.717, 1.165) is 18.4 Å². The van der Waals surface area contributed by atoms with Gasteiger partial charge in [-0.05, 0) is 35.7 Å². The van der Waals surface area contributed by atoms with Crippen LogP contribution in [-0.4, -0.2) is 32.4 Å². The van der Waals surface area contributed by atoms with Gasteiger partial charge < -0.3 is 14.7 Å². The minimum absolute atomic E-state index is 0.0236. The summed E-state index contributed by atoms with van der Waals surface area (Å²) in [6.07, 6.45) is 1.97. The van der Waals surface area contributed by atoms with Crippen molar-refractivity contribution < 1.29 is 23.1 Å². The SMILES string of the molecule is O=S(=O)(NCc1ccccc1)c1ccccc1/C(=N\O)OC1CCCCO1. The van der Waals surface area contributed by atoms with Gasteiger partial charge in [-0.1, -0.05) is 42.5 Å². The second-order valence-electron chi connectivity index (χ2n) is 6.13. The first kappa shape index (κ1) is 19.3. The van der Waals surface area contributed by atoms with Crippen molar-refractivity contribution in [1.29, 1.82) is 0 Å². The monoisotopic (exact) mass is 390 g/mol. The average Bonchev–Trinajstić information content (AvgIpc) is 2.72. The summed E-state index contributed by atoms with van der Waals surface area (Å²) in [5.41, 5.74) is 1.01. The maximum Gasteiger partial charge on any atom is 0.261 e. The van der Waals surface area contributed by atoms with Crippen LogP contribution in [0.25, 0.3) is 0 Å². The van der Waals surface area contributed by atoms with Crippen LogP contribution in [0.1, 0.15) is 30.4 Å². The van der Waals surface area contributed by atoms with E-state index in [1.165, 1.54) is 12.1 Å². The molecule has 1 saturated heterocycles. The highest BCUT2D eigenvalue weighted by Crippen LogP contribution is 2.21. The van der Waals surface area contributed by atoms with Gasteiger partial charge in [0.1, 0.15) is 0 Å². The van der Waals surface area contributed by atoms with Crippen molar-refractivity contribution in [2.45, 2.75) is 37.0 Å². The Kier molecular flexibility index (Phi) is 6.44. The molecular weight excluding hydrogens is 368 g/mol. The Balaban J connectivity index is 1.81. The number of sulfonamides is 1. The summed E-state index contributed by atoms with van der Waals surface area (Å²) in [5.74, 6) is -0.178. The minimum atomic E-state index is -3.85. The van der Waals surface area contributed by atoms with Gasteiger partial charge in [-0.15, -0.1) is 0 Å². The van der Waals surface area contributed by atoms with Gasteiger partial charge in [-0.25, -0.2) is 13.1 Å². The van der Waals surface area contributed by atoms with Crippen molar-refractivity contribution in [3.05, 3.63) is 65.7 Å². The number of oxime groups is 1. The van der Waals surface area contributed by atoms with Gasteiger partial charge in [0.05, 0.1) is 17.1 Å². The van der Waals surface area contributed by atoms with Gasteiger partial charge in [0, 0.05) is 13.0 Å². The molecule has 8 heteroatoms. The van der Waals surface area contributed by atoms with E-state index in [4.69, 9.17) is 9.47 Å². The molecule has 0 amide bonds. The third-order valence-electron chi connectivity index (χ3n) is 4.19. The molecule has 2 N–H and O–H groups in total. The summed E-state index contributed by atoms with van der Waals surface area (Å²) in [6, 6.07) is 15.4. The zero-order valence-corrected chi connectivity index (χ0v) is 15.6. The first-order valence-electron chi connectivity index (χ1n) is 8.73. The lowest BCUT2D eigenvalue weighted by Crippen LogP contribution is -2.29. The van der Waals surface area contributed by atoms with Crippen molar-refractivity contribution >= 4 is 15.9 Å². The zero-order valence-electron chi connectivity index (χ0n) is 14.7. The highest BCUT2D eigenvalue weighted by molar-refractivity contribution is 7.89. The van der Waals surface area contributed by atoms with E-state index < -0.39 is 16.3 Å². The molecule has 2 aromatic carbocycles. The van der Waals surface area contributed by atoms with Crippen molar-refractivity contribution in [2.24, 2.45) is 5.16 Å². The van der Waals surface area contributed by atoms with Gasteiger partial charge in [0.25, 0.3) is 5.90 Å². The van der Waals surface area contributed by atoms with Crippen molar-refractivity contribution in [3.63, 3.8) is 0 Å². The van der Waals surface area contributed by atoms with Crippen molar-refractivity contribution in [1.82, 2.24) is 4.72 Å². The topological polar surface area (TPSA) is 97.2 Å². The predicted octanol–water partition coefficient (Wildman–Crippen LogP) is 2.84. The summed E-state index contributed by atoms with van der Waals surface area (Å²) in [7, 11) is -3.85. The van der Waals surface area contributed by atoms with E-state index in [2.05, 4.69) is 9.88 Å². The minimum Gasteiger partial charge on any atom is -0.445 e. The zero-order chi connectivity index (χ0) is 19.1. The highest BCUT2D eigenvalue weighted by Gasteiger charge is 2.25. The van der Waals surface area contributed by atoms with Crippen LogP contribution in [0.3, 0.4) is 0 Å². The number of rotatable bonds is 6. The molecule has 27 heavy (non-hydrogen) atoms. The van der Waals surface area contributed by atoms with E-state index in [9.17, 15) is 13.6 Å². The molecule has 0 radical (unpaired) electrons. The molecule has 1 aliphatic heterocycles. The van der Waals surface area contributed by atoms with E-state index in [1.807, 2.05) is 30.3 Å². The average molecular weight is 390 g/mol. The lowest BCUT2D eigenvalue weighted by atomic mass is 10.2. The fourth-order valence-corrected chi connectivity index (χ4v) is 4.01. The van der Waals surface area contributed by atoms with E-state index in [0.29, 0.717) is 13.0 Å². The predicted molar refractivity (Wildman–Crippen MR) is 99.9 cm³/mol. The first-order valence-corrected chi connectivity index (χ1v) is 10.2. The lowest BCUT2D eigenvalue weighted by molar-refractivity contribution is -0.114. The van der Waals surface area contributed by atoms with Crippen LogP contribution in [0.2, 0.25) is 0 Å². The van der Waals surface area contributed by atoms with E-state index in [1.54, 1.807) is 12.1 Å². The van der Waals surface area contributed by atoms with Crippen LogP contribution in [0.15, 0.2) is 64.6 Å². The number of nitrogens with zero attached hydrogens (tertiary/aromatic N) is 1. The third kappa shape index (κ3) is 5.06. The molecule has 0 saturated carbocycles. The van der Waals surface area contributed by atoms with Gasteiger partial charge >= 0.3 is 0 Å². The number of hydrogen-bond acceptors (Lipinski definition) is 6. The van der Waals surface area contributed by atoms with Gasteiger partial charge in [-0.2, -0.15) is 0 Å². The number of hydrogen-bond donors (Lipinski definition) is 2. The molecule has 1 atom stereocenters. The largest absolute Gasteiger partial charge is 0.445 e. The van der Waals surface area contributed by atoms with Crippen LogP contribution < -0.4 is 4.72 Å². The van der Waals surface area contributed by atoms with Gasteiger partial charge in [0.2, 0.25) is 16.3 Å². The van der Waals surface area contributed by atoms with Crippen molar-refractivity contribution in [2.75, 3.05) is 6.61 Å². The second-order valence-corrected chi connectivity index (χ2v) is 7.86. The van der Waals surface area contributed by atoms with Crippen LogP contribution >= 0.6 is 0 Å². The maximum absolute atomic E-state index is 12.8. The molecule has 1 heterocycles. The Bertz CT molecular complexity index is 878. The van der Waals surface area contributed by atoms with E-state index in [-0.39, 0.29) is 22.9 Å². The Hall–Kier alpha value is -2.42. The lowest BCUT2D eigenvalue weighted by Gasteiger charge is -2.24.